The molecule has 58 heavy (non-hydrogen) atoms. The molecule has 1 aliphatic rings. The van der Waals surface area contributed by atoms with Crippen LogP contribution in [-0.2, 0) is 14.3 Å². The number of unbranched alkanes of at least 4 members (excludes halogenated alkanes) is 20. The number of allylic oxidation sites excluding steroid dienone is 9. The quantitative estimate of drug-likeness (QED) is 0.0267. The van der Waals surface area contributed by atoms with Crippen molar-refractivity contribution in [3.63, 3.8) is 0 Å². The van der Waals surface area contributed by atoms with E-state index in [9.17, 15) is 30.3 Å². The van der Waals surface area contributed by atoms with Crippen molar-refractivity contribution in [2.45, 2.75) is 230 Å². The Morgan fingerprint density at radius 2 is 1.05 bits per heavy atom. The maximum Gasteiger partial charge on any atom is 0.220 e. The summed E-state index contributed by atoms with van der Waals surface area (Å²) < 4.78 is 11.2. The molecule has 0 bridgehead atoms. The van der Waals surface area contributed by atoms with Crippen LogP contribution in [0.4, 0.5) is 0 Å². The van der Waals surface area contributed by atoms with Crippen LogP contribution in [0.15, 0.2) is 60.8 Å². The van der Waals surface area contributed by atoms with Crippen molar-refractivity contribution in [3.8, 4) is 0 Å². The van der Waals surface area contributed by atoms with Crippen molar-refractivity contribution in [2.75, 3.05) is 13.2 Å². The lowest BCUT2D eigenvalue weighted by molar-refractivity contribution is -0.302. The molecule has 1 heterocycles. The number of amides is 1. The van der Waals surface area contributed by atoms with Gasteiger partial charge >= 0.3 is 0 Å². The lowest BCUT2D eigenvalue weighted by Crippen LogP contribution is -2.60. The zero-order valence-corrected chi connectivity index (χ0v) is 36.8. The highest BCUT2D eigenvalue weighted by Crippen LogP contribution is 2.22. The van der Waals surface area contributed by atoms with Crippen molar-refractivity contribution < 1.29 is 39.8 Å². The second-order valence-electron chi connectivity index (χ2n) is 16.2. The third-order valence-electron chi connectivity index (χ3n) is 10.8. The van der Waals surface area contributed by atoms with Gasteiger partial charge in [-0.2, -0.15) is 0 Å². The van der Waals surface area contributed by atoms with Crippen LogP contribution in [0.25, 0.3) is 0 Å². The summed E-state index contributed by atoms with van der Waals surface area (Å²) in [6, 6.07) is -0.836. The number of hydrogen-bond acceptors (Lipinski definition) is 8. The molecule has 1 fully saturated rings. The second kappa shape index (κ2) is 39.1. The molecule has 0 aliphatic carbocycles. The van der Waals surface area contributed by atoms with Crippen LogP contribution < -0.4 is 5.32 Å². The van der Waals surface area contributed by atoms with E-state index in [1.165, 1.54) is 89.9 Å². The molecule has 1 saturated heterocycles. The summed E-state index contributed by atoms with van der Waals surface area (Å²) in [6.45, 7) is 3.69. The summed E-state index contributed by atoms with van der Waals surface area (Å²) in [5.74, 6) is -0.208. The summed E-state index contributed by atoms with van der Waals surface area (Å²) >= 11 is 0. The maximum atomic E-state index is 12.9. The van der Waals surface area contributed by atoms with Crippen molar-refractivity contribution in [2.24, 2.45) is 0 Å². The molecule has 1 amide bonds. The molecule has 0 aromatic carbocycles. The van der Waals surface area contributed by atoms with E-state index in [1.54, 1.807) is 6.08 Å². The van der Waals surface area contributed by atoms with Gasteiger partial charge in [-0.25, -0.2) is 0 Å². The Morgan fingerprint density at radius 3 is 1.60 bits per heavy atom. The Morgan fingerprint density at radius 1 is 0.586 bits per heavy atom. The molecule has 0 saturated carbocycles. The Bertz CT molecular complexity index is 1090. The zero-order chi connectivity index (χ0) is 42.3. The van der Waals surface area contributed by atoms with Crippen LogP contribution >= 0.6 is 0 Å². The normalized spacial score (nSPS) is 21.4. The van der Waals surface area contributed by atoms with E-state index in [0.29, 0.717) is 6.42 Å². The van der Waals surface area contributed by atoms with Gasteiger partial charge < -0.3 is 40.3 Å². The third-order valence-corrected chi connectivity index (χ3v) is 10.8. The molecule has 336 valence electrons. The van der Waals surface area contributed by atoms with Gasteiger partial charge in [-0.05, 0) is 70.6 Å². The van der Waals surface area contributed by atoms with Crippen molar-refractivity contribution in [3.05, 3.63) is 60.8 Å². The summed E-state index contributed by atoms with van der Waals surface area (Å²) in [5.41, 5.74) is 0. The van der Waals surface area contributed by atoms with E-state index >= 15 is 0 Å². The molecule has 9 nitrogen and oxygen atoms in total. The third kappa shape index (κ3) is 29.2. The molecular weight excluding hydrogens is 731 g/mol. The predicted octanol–water partition coefficient (Wildman–Crippen LogP) is 10.0. The van der Waals surface area contributed by atoms with Gasteiger partial charge in [-0.3, -0.25) is 4.79 Å². The second-order valence-corrected chi connectivity index (χ2v) is 16.2. The van der Waals surface area contributed by atoms with Gasteiger partial charge in [0.15, 0.2) is 6.29 Å². The molecule has 0 spiro atoms. The number of aliphatic hydroxyl groups is 5. The number of nitrogens with one attached hydrogen (secondary N) is 1. The lowest BCUT2D eigenvalue weighted by atomic mass is 9.99. The minimum atomic E-state index is -1.58. The highest BCUT2D eigenvalue weighted by atomic mass is 16.7. The highest BCUT2D eigenvalue weighted by molar-refractivity contribution is 5.76. The van der Waals surface area contributed by atoms with Gasteiger partial charge in [0.05, 0.1) is 25.4 Å². The molecule has 0 aromatic rings. The van der Waals surface area contributed by atoms with E-state index in [4.69, 9.17) is 9.47 Å². The predicted molar refractivity (Wildman–Crippen MR) is 239 cm³/mol. The molecule has 7 atom stereocenters. The van der Waals surface area contributed by atoms with Crippen molar-refractivity contribution in [1.29, 1.82) is 0 Å². The standard InChI is InChI=1S/C49H87NO8/c1-3-5-7-9-11-13-15-17-19-20-21-22-23-24-25-26-28-30-32-34-36-38-43(52)42(41-57-49-48(56)47(55)46(54)44(40-51)58-49)50-45(53)39-37-35-33-31-29-27-18-16-14-12-10-8-6-4-2/h10,12,16,18,23-24,28,30,36,38,42-44,46-49,51-52,54-56H,3-9,11,13-15,17,19-22,25-27,29,31-35,37,39-41H2,1-2H3,(H,50,53)/b12-10-,18-16-,24-23+,30-28+,38-36+. The van der Waals surface area contributed by atoms with Crippen LogP contribution in [0.2, 0.25) is 0 Å². The molecular formula is C49H87NO8. The van der Waals surface area contributed by atoms with Gasteiger partial charge in [-0.15, -0.1) is 0 Å². The fraction of sp³-hybridized carbons (Fsp3) is 0.776. The first-order valence-corrected chi connectivity index (χ1v) is 23.5. The average molecular weight is 818 g/mol. The van der Waals surface area contributed by atoms with E-state index in [2.05, 4.69) is 67.8 Å². The minimum Gasteiger partial charge on any atom is -0.394 e. The molecule has 0 radical (unpaired) electrons. The van der Waals surface area contributed by atoms with Gasteiger partial charge in [0, 0.05) is 6.42 Å². The number of ether oxygens (including phenoxy) is 2. The summed E-state index contributed by atoms with van der Waals surface area (Å²) in [5, 5.41) is 54.2. The smallest absolute Gasteiger partial charge is 0.220 e. The van der Waals surface area contributed by atoms with Crippen LogP contribution in [0.3, 0.4) is 0 Å². The van der Waals surface area contributed by atoms with Gasteiger partial charge in [0.2, 0.25) is 5.91 Å². The highest BCUT2D eigenvalue weighted by Gasteiger charge is 2.44. The SMILES string of the molecule is CCCC/C=C\C/C=C\CCCCCCCC(=O)NC(COC1OC(CO)C(O)C(O)C1O)C(O)/C=C/CC/C=C/CC/C=C/CCCCCCCCCCCCC. The zero-order valence-electron chi connectivity index (χ0n) is 36.8. The number of carbonyl (C=O) groups excluding carboxylic acids is 1. The Balaban J connectivity index is 2.39. The lowest BCUT2D eigenvalue weighted by Gasteiger charge is -2.40. The average Bonchev–Trinajstić information content (AvgIpc) is 3.22. The molecule has 1 rings (SSSR count). The van der Waals surface area contributed by atoms with E-state index < -0.39 is 49.5 Å². The number of hydrogen-bond donors (Lipinski definition) is 6. The summed E-state index contributed by atoms with van der Waals surface area (Å²) in [4.78, 5) is 12.9. The van der Waals surface area contributed by atoms with Crippen LogP contribution in [0, 0.1) is 0 Å². The van der Waals surface area contributed by atoms with Crippen LogP contribution in [0.5, 0.6) is 0 Å². The van der Waals surface area contributed by atoms with Crippen molar-refractivity contribution >= 4 is 5.91 Å². The van der Waals surface area contributed by atoms with Gasteiger partial charge in [-0.1, -0.05) is 171 Å². The number of rotatable bonds is 38. The Labute approximate surface area is 354 Å². The fourth-order valence-electron chi connectivity index (χ4n) is 6.97. The van der Waals surface area contributed by atoms with Gasteiger partial charge in [0.1, 0.15) is 24.4 Å². The first-order chi connectivity index (χ1) is 28.3. The molecule has 0 aromatic heterocycles. The fourth-order valence-corrected chi connectivity index (χ4v) is 6.97. The first kappa shape index (κ1) is 53.9. The Hall–Kier alpha value is -2.11. The molecule has 6 N–H and O–H groups in total. The largest absolute Gasteiger partial charge is 0.394 e. The number of aliphatic hydroxyl groups excluding tert-OH is 5. The Kier molecular flexibility index (Phi) is 36.3. The monoisotopic (exact) mass is 818 g/mol. The van der Waals surface area contributed by atoms with E-state index in [1.807, 2.05) is 6.08 Å². The summed E-state index contributed by atoms with van der Waals surface area (Å²) in [6.07, 6.45) is 44.1. The van der Waals surface area contributed by atoms with Gasteiger partial charge in [0.25, 0.3) is 0 Å². The van der Waals surface area contributed by atoms with Crippen LogP contribution in [0.1, 0.15) is 187 Å². The van der Waals surface area contributed by atoms with E-state index in [-0.39, 0.29) is 12.5 Å². The molecule has 7 unspecified atom stereocenters. The number of carbonyl (C=O) groups is 1. The maximum absolute atomic E-state index is 12.9. The molecule has 9 heteroatoms. The molecule has 1 aliphatic heterocycles. The summed E-state index contributed by atoms with van der Waals surface area (Å²) in [7, 11) is 0. The minimum absolute atomic E-state index is 0.208. The van der Waals surface area contributed by atoms with E-state index in [0.717, 1.165) is 77.0 Å². The topological polar surface area (TPSA) is 149 Å². The van der Waals surface area contributed by atoms with Crippen molar-refractivity contribution in [1.82, 2.24) is 5.32 Å². The van der Waals surface area contributed by atoms with Crippen LogP contribution in [-0.4, -0.2) is 87.5 Å². The first-order valence-electron chi connectivity index (χ1n) is 23.5.